The first-order chi connectivity index (χ1) is 11.8. The van der Waals surface area contributed by atoms with Gasteiger partial charge in [-0.3, -0.25) is 9.69 Å². The normalized spacial score (nSPS) is 15.9. The molecule has 0 spiro atoms. The van der Waals surface area contributed by atoms with Crippen LogP contribution in [0.15, 0.2) is 17.5 Å². The zero-order valence-corrected chi connectivity index (χ0v) is 16.2. The zero-order chi connectivity index (χ0) is 18.3. The van der Waals surface area contributed by atoms with Crippen LogP contribution in [0.25, 0.3) is 0 Å². The fourth-order valence-electron chi connectivity index (χ4n) is 2.68. The van der Waals surface area contributed by atoms with Crippen molar-refractivity contribution in [2.75, 3.05) is 32.7 Å². The van der Waals surface area contributed by atoms with Gasteiger partial charge < -0.3 is 15.0 Å². The highest BCUT2D eigenvalue weighted by Crippen LogP contribution is 2.14. The first-order valence-corrected chi connectivity index (χ1v) is 9.71. The second-order valence-corrected chi connectivity index (χ2v) is 8.30. The predicted molar refractivity (Wildman–Crippen MR) is 99.6 cm³/mol. The second kappa shape index (κ2) is 9.20. The molecule has 0 unspecified atom stereocenters. The van der Waals surface area contributed by atoms with E-state index in [1.165, 1.54) is 4.88 Å². The number of nitrogens with zero attached hydrogens (tertiary/aromatic N) is 2. The lowest BCUT2D eigenvalue weighted by molar-refractivity contribution is -0.133. The number of carbonyl (C=O) groups is 2. The minimum Gasteiger partial charge on any atom is -0.444 e. The highest BCUT2D eigenvalue weighted by Gasteiger charge is 2.21. The highest BCUT2D eigenvalue weighted by molar-refractivity contribution is 7.09. The van der Waals surface area contributed by atoms with Gasteiger partial charge in [0.05, 0.1) is 0 Å². The van der Waals surface area contributed by atoms with Crippen LogP contribution in [-0.4, -0.2) is 60.1 Å². The zero-order valence-electron chi connectivity index (χ0n) is 15.4. The quantitative estimate of drug-likeness (QED) is 0.786. The molecule has 2 heterocycles. The topological polar surface area (TPSA) is 61.9 Å². The van der Waals surface area contributed by atoms with Gasteiger partial charge in [-0.15, -0.1) is 11.3 Å². The van der Waals surface area contributed by atoms with Gasteiger partial charge in [0, 0.05) is 50.6 Å². The van der Waals surface area contributed by atoms with Crippen LogP contribution >= 0.6 is 11.3 Å². The van der Waals surface area contributed by atoms with Crippen LogP contribution in [0.2, 0.25) is 0 Å². The Balaban J connectivity index is 1.58. The van der Waals surface area contributed by atoms with Crippen molar-refractivity contribution in [1.82, 2.24) is 15.1 Å². The number of amides is 2. The molecule has 0 radical (unpaired) electrons. The van der Waals surface area contributed by atoms with Gasteiger partial charge in [0.2, 0.25) is 5.91 Å². The Morgan fingerprint density at radius 3 is 2.56 bits per heavy atom. The number of thiophene rings is 1. The maximum Gasteiger partial charge on any atom is 0.407 e. The monoisotopic (exact) mass is 367 g/mol. The maximum atomic E-state index is 12.3. The summed E-state index contributed by atoms with van der Waals surface area (Å²) >= 11 is 1.78. The molecule has 2 amide bonds. The van der Waals surface area contributed by atoms with Crippen molar-refractivity contribution in [3.63, 3.8) is 0 Å². The fraction of sp³-hybridized carbons (Fsp3) is 0.667. The van der Waals surface area contributed by atoms with E-state index in [1.807, 2.05) is 25.7 Å². The fourth-order valence-corrected chi connectivity index (χ4v) is 3.43. The molecule has 0 saturated carbocycles. The van der Waals surface area contributed by atoms with Crippen molar-refractivity contribution in [3.05, 3.63) is 22.4 Å². The molecular weight excluding hydrogens is 338 g/mol. The summed E-state index contributed by atoms with van der Waals surface area (Å²) in [6, 6.07) is 4.23. The van der Waals surface area contributed by atoms with Crippen molar-refractivity contribution in [1.29, 1.82) is 0 Å². The molecule has 7 heteroatoms. The molecule has 6 nitrogen and oxygen atoms in total. The third-order valence-electron chi connectivity index (χ3n) is 3.92. The molecule has 25 heavy (non-hydrogen) atoms. The van der Waals surface area contributed by atoms with Crippen LogP contribution in [0.1, 0.15) is 38.5 Å². The van der Waals surface area contributed by atoms with Crippen LogP contribution in [0.5, 0.6) is 0 Å². The average molecular weight is 368 g/mol. The van der Waals surface area contributed by atoms with E-state index in [0.29, 0.717) is 19.4 Å². The van der Waals surface area contributed by atoms with E-state index in [9.17, 15) is 9.59 Å². The Morgan fingerprint density at radius 2 is 1.96 bits per heavy atom. The summed E-state index contributed by atoms with van der Waals surface area (Å²) in [5.74, 6) is 0.168. The maximum absolute atomic E-state index is 12.3. The molecule has 2 rings (SSSR count). The molecular formula is C18H29N3O3S. The van der Waals surface area contributed by atoms with Crippen molar-refractivity contribution >= 4 is 23.3 Å². The lowest BCUT2D eigenvalue weighted by Crippen LogP contribution is -2.48. The summed E-state index contributed by atoms with van der Waals surface area (Å²) in [6.45, 7) is 10.3. The van der Waals surface area contributed by atoms with E-state index in [2.05, 4.69) is 27.7 Å². The predicted octanol–water partition coefficient (Wildman–Crippen LogP) is 2.70. The smallest absolute Gasteiger partial charge is 0.407 e. The molecule has 0 bridgehead atoms. The first-order valence-electron chi connectivity index (χ1n) is 8.83. The minimum absolute atomic E-state index is 0.168. The number of carbonyl (C=O) groups excluding carboxylic acids is 2. The molecule has 140 valence electrons. The van der Waals surface area contributed by atoms with E-state index in [-0.39, 0.29) is 5.91 Å². The van der Waals surface area contributed by atoms with Crippen LogP contribution in [0.3, 0.4) is 0 Å². The molecule has 1 N–H and O–H groups in total. The summed E-state index contributed by atoms with van der Waals surface area (Å²) in [6.07, 6.45) is 0.663. The molecule has 1 fully saturated rings. The molecule has 1 aromatic heterocycles. The second-order valence-electron chi connectivity index (χ2n) is 7.27. The van der Waals surface area contributed by atoms with E-state index in [0.717, 1.165) is 32.7 Å². The van der Waals surface area contributed by atoms with Gasteiger partial charge >= 0.3 is 6.09 Å². The molecule has 1 saturated heterocycles. The summed E-state index contributed by atoms with van der Waals surface area (Å²) < 4.78 is 5.17. The summed E-state index contributed by atoms with van der Waals surface area (Å²) in [5.41, 5.74) is -0.497. The van der Waals surface area contributed by atoms with Crippen molar-refractivity contribution in [2.45, 2.75) is 45.8 Å². The third-order valence-corrected chi connectivity index (χ3v) is 4.78. The van der Waals surface area contributed by atoms with Gasteiger partial charge in [0.1, 0.15) is 5.60 Å². The molecule has 1 aliphatic heterocycles. The molecule has 1 aromatic rings. The van der Waals surface area contributed by atoms with Gasteiger partial charge in [0.25, 0.3) is 0 Å². The van der Waals surface area contributed by atoms with Crippen molar-refractivity contribution in [3.8, 4) is 0 Å². The third kappa shape index (κ3) is 7.44. The average Bonchev–Trinajstić information content (AvgIpc) is 3.03. The van der Waals surface area contributed by atoms with Gasteiger partial charge in [-0.25, -0.2) is 4.79 Å². The number of hydrogen-bond donors (Lipinski definition) is 1. The molecule has 0 atom stereocenters. The minimum atomic E-state index is -0.497. The van der Waals surface area contributed by atoms with Crippen LogP contribution in [0.4, 0.5) is 4.79 Å². The molecule has 0 aliphatic carbocycles. The molecule has 1 aliphatic rings. The Morgan fingerprint density at radius 1 is 1.24 bits per heavy atom. The SMILES string of the molecule is CC(C)(C)OC(=O)NCCCC(=O)N1CCN(Cc2cccs2)CC1. The lowest BCUT2D eigenvalue weighted by Gasteiger charge is -2.34. The van der Waals surface area contributed by atoms with Crippen LogP contribution in [0, 0.1) is 0 Å². The molecule has 0 aromatic carbocycles. The largest absolute Gasteiger partial charge is 0.444 e. The van der Waals surface area contributed by atoms with Crippen molar-refractivity contribution in [2.24, 2.45) is 0 Å². The van der Waals surface area contributed by atoms with Crippen LogP contribution in [-0.2, 0) is 16.1 Å². The van der Waals surface area contributed by atoms with Gasteiger partial charge in [-0.1, -0.05) is 6.07 Å². The number of hydrogen-bond acceptors (Lipinski definition) is 5. The summed E-state index contributed by atoms with van der Waals surface area (Å²) in [4.78, 5) is 29.5. The van der Waals surface area contributed by atoms with E-state index in [4.69, 9.17) is 4.74 Å². The van der Waals surface area contributed by atoms with Crippen LogP contribution < -0.4 is 5.32 Å². The Hall–Kier alpha value is -1.60. The van der Waals surface area contributed by atoms with E-state index in [1.54, 1.807) is 11.3 Å². The van der Waals surface area contributed by atoms with E-state index >= 15 is 0 Å². The standard InChI is InChI=1S/C18H29N3O3S/c1-18(2,3)24-17(23)19-8-4-7-16(22)21-11-9-20(10-12-21)14-15-6-5-13-25-15/h5-6,13H,4,7-12,14H2,1-3H3,(H,19,23). The van der Waals surface area contributed by atoms with Gasteiger partial charge in [-0.2, -0.15) is 0 Å². The van der Waals surface area contributed by atoms with Gasteiger partial charge in [0.15, 0.2) is 0 Å². The number of ether oxygens (including phenoxy) is 1. The number of piperazine rings is 1. The number of nitrogens with one attached hydrogen (secondary N) is 1. The number of alkyl carbamates (subject to hydrolysis) is 1. The summed E-state index contributed by atoms with van der Waals surface area (Å²) in [5, 5.41) is 4.79. The van der Waals surface area contributed by atoms with Gasteiger partial charge in [-0.05, 0) is 38.6 Å². The van der Waals surface area contributed by atoms with E-state index < -0.39 is 11.7 Å². The lowest BCUT2D eigenvalue weighted by atomic mass is 10.2. The Bertz CT molecular complexity index is 546. The summed E-state index contributed by atoms with van der Waals surface area (Å²) in [7, 11) is 0. The first kappa shape index (κ1) is 19.7. The Kier molecular flexibility index (Phi) is 7.25. The highest BCUT2D eigenvalue weighted by atomic mass is 32.1. The van der Waals surface area contributed by atoms with Crippen molar-refractivity contribution < 1.29 is 14.3 Å². The number of rotatable bonds is 6. The Labute approximate surface area is 154 Å².